The van der Waals surface area contributed by atoms with E-state index in [1.54, 1.807) is 6.92 Å². The van der Waals surface area contributed by atoms with Crippen LogP contribution in [-0.4, -0.2) is 27.7 Å². The van der Waals surface area contributed by atoms with Crippen LogP contribution in [0.15, 0.2) is 22.9 Å². The average molecular weight is 291 g/mol. The normalized spacial score (nSPS) is 16.3. The van der Waals surface area contributed by atoms with E-state index in [9.17, 15) is 9.18 Å². The van der Waals surface area contributed by atoms with Gasteiger partial charge in [-0.05, 0) is 31.9 Å². The van der Waals surface area contributed by atoms with Crippen LogP contribution in [0.4, 0.5) is 4.39 Å². The van der Waals surface area contributed by atoms with Crippen molar-refractivity contribution in [3.8, 4) is 11.5 Å². The van der Waals surface area contributed by atoms with Gasteiger partial charge in [0.15, 0.2) is 0 Å². The van der Waals surface area contributed by atoms with Gasteiger partial charge < -0.3 is 9.26 Å². The summed E-state index contributed by atoms with van der Waals surface area (Å²) in [7, 11) is 0. The van der Waals surface area contributed by atoms with Crippen LogP contribution in [0, 0.1) is 5.82 Å². The molecule has 7 heteroatoms. The lowest BCUT2D eigenvalue weighted by molar-refractivity contribution is -0.155. The molecule has 1 aliphatic rings. The molecular weight excluding hydrogens is 277 g/mol. The van der Waals surface area contributed by atoms with Gasteiger partial charge in [-0.15, -0.1) is 0 Å². The van der Waals surface area contributed by atoms with Crippen molar-refractivity contribution in [2.75, 3.05) is 6.61 Å². The predicted octanol–water partition coefficient (Wildman–Crippen LogP) is 2.26. The summed E-state index contributed by atoms with van der Waals surface area (Å²) in [4.78, 5) is 20.3. The van der Waals surface area contributed by atoms with Crippen molar-refractivity contribution in [2.45, 2.75) is 31.6 Å². The van der Waals surface area contributed by atoms with Gasteiger partial charge in [0.1, 0.15) is 16.9 Å². The van der Waals surface area contributed by atoms with Gasteiger partial charge in [0.05, 0.1) is 12.8 Å². The molecule has 0 N–H and O–H groups in total. The number of hydrogen-bond donors (Lipinski definition) is 0. The Labute approximate surface area is 120 Å². The molecule has 0 atom stereocenters. The largest absolute Gasteiger partial charge is 0.465 e. The molecular formula is C14H14FN3O3. The molecule has 3 rings (SSSR count). The lowest BCUT2D eigenvalue weighted by Gasteiger charge is -2.35. The molecule has 2 heterocycles. The second kappa shape index (κ2) is 5.23. The maximum Gasteiger partial charge on any atom is 0.321 e. The average Bonchev–Trinajstić information content (AvgIpc) is 2.88. The zero-order valence-corrected chi connectivity index (χ0v) is 11.5. The summed E-state index contributed by atoms with van der Waals surface area (Å²) in [6.07, 6.45) is 3.25. The number of nitrogens with zero attached hydrogens (tertiary/aromatic N) is 3. The number of halogens is 1. The van der Waals surface area contributed by atoms with E-state index >= 15 is 0 Å². The third kappa shape index (κ3) is 2.28. The van der Waals surface area contributed by atoms with Crippen LogP contribution in [0.1, 0.15) is 32.1 Å². The van der Waals surface area contributed by atoms with Gasteiger partial charge in [0.25, 0.3) is 0 Å². The number of rotatable bonds is 4. The van der Waals surface area contributed by atoms with Crippen LogP contribution in [0.5, 0.6) is 0 Å². The lowest BCUT2D eigenvalue weighted by atomic mass is 9.68. The van der Waals surface area contributed by atoms with Crippen LogP contribution in [0.2, 0.25) is 0 Å². The fourth-order valence-electron chi connectivity index (χ4n) is 2.33. The molecule has 21 heavy (non-hydrogen) atoms. The number of carbonyl (C=O) groups is 1. The molecule has 0 unspecified atom stereocenters. The van der Waals surface area contributed by atoms with Crippen LogP contribution >= 0.6 is 0 Å². The van der Waals surface area contributed by atoms with E-state index in [1.807, 2.05) is 0 Å². The van der Waals surface area contributed by atoms with Gasteiger partial charge >= 0.3 is 5.97 Å². The van der Waals surface area contributed by atoms with Crippen LogP contribution in [0.25, 0.3) is 11.5 Å². The summed E-state index contributed by atoms with van der Waals surface area (Å²) in [6, 6.07) is 2.73. The van der Waals surface area contributed by atoms with E-state index < -0.39 is 11.2 Å². The van der Waals surface area contributed by atoms with E-state index in [0.29, 0.717) is 25.1 Å². The summed E-state index contributed by atoms with van der Waals surface area (Å²) in [5, 5.41) is 3.83. The van der Waals surface area contributed by atoms with Crippen molar-refractivity contribution < 1.29 is 18.4 Å². The Bertz CT molecular complexity index is 650. The Hall–Kier alpha value is -2.31. The molecule has 110 valence electrons. The number of carbonyl (C=O) groups excluding carboxylic acids is 1. The zero-order valence-electron chi connectivity index (χ0n) is 11.5. The Morgan fingerprint density at radius 1 is 1.48 bits per heavy atom. The zero-order chi connectivity index (χ0) is 14.9. The Kier molecular flexibility index (Phi) is 3.40. The molecule has 0 bridgehead atoms. The molecule has 0 radical (unpaired) electrons. The van der Waals surface area contributed by atoms with E-state index in [-0.39, 0.29) is 17.7 Å². The molecule has 0 spiro atoms. The number of hydrogen-bond acceptors (Lipinski definition) is 6. The first kappa shape index (κ1) is 13.7. The van der Waals surface area contributed by atoms with Crippen LogP contribution in [0.3, 0.4) is 0 Å². The fourth-order valence-corrected chi connectivity index (χ4v) is 2.33. The van der Waals surface area contributed by atoms with E-state index in [0.717, 1.165) is 12.6 Å². The number of ether oxygens (including phenoxy) is 1. The minimum atomic E-state index is -0.832. The molecule has 6 nitrogen and oxygen atoms in total. The number of esters is 1. The Morgan fingerprint density at radius 2 is 2.29 bits per heavy atom. The molecule has 0 aromatic carbocycles. The third-order valence-electron chi connectivity index (χ3n) is 3.67. The molecule has 1 aliphatic carbocycles. The second-order valence-corrected chi connectivity index (χ2v) is 4.94. The first-order valence-electron chi connectivity index (χ1n) is 6.79. The van der Waals surface area contributed by atoms with Gasteiger partial charge in [-0.3, -0.25) is 4.79 Å². The standard InChI is InChI=1S/C14H14FN3O3/c1-2-20-13(19)14(6-3-7-14)12-17-11(18-21-12)10-5-4-9(15)8-16-10/h4-5,8H,2-3,6-7H2,1H3. The summed E-state index contributed by atoms with van der Waals surface area (Å²) < 4.78 is 23.2. The molecule has 0 saturated heterocycles. The van der Waals surface area contributed by atoms with Crippen molar-refractivity contribution in [3.05, 3.63) is 30.0 Å². The molecule has 2 aromatic rings. The lowest BCUT2D eigenvalue weighted by Crippen LogP contribution is -2.44. The van der Waals surface area contributed by atoms with E-state index in [1.165, 1.54) is 12.1 Å². The second-order valence-electron chi connectivity index (χ2n) is 4.94. The Balaban J connectivity index is 1.90. The first-order valence-corrected chi connectivity index (χ1v) is 6.79. The minimum absolute atomic E-state index is 0.237. The quantitative estimate of drug-likeness (QED) is 0.804. The highest BCUT2D eigenvalue weighted by atomic mass is 19.1. The molecule has 0 amide bonds. The number of aromatic nitrogens is 3. The van der Waals surface area contributed by atoms with Crippen molar-refractivity contribution in [1.29, 1.82) is 0 Å². The number of pyridine rings is 1. The van der Waals surface area contributed by atoms with Crippen molar-refractivity contribution in [1.82, 2.24) is 15.1 Å². The summed E-state index contributed by atoms with van der Waals surface area (Å²) >= 11 is 0. The maximum absolute atomic E-state index is 12.9. The molecule has 1 saturated carbocycles. The van der Waals surface area contributed by atoms with Gasteiger partial charge in [0.2, 0.25) is 11.7 Å². The van der Waals surface area contributed by atoms with Crippen molar-refractivity contribution in [2.24, 2.45) is 0 Å². The molecule has 2 aromatic heterocycles. The fraction of sp³-hybridized carbons (Fsp3) is 0.429. The monoisotopic (exact) mass is 291 g/mol. The van der Waals surface area contributed by atoms with Gasteiger partial charge in [-0.2, -0.15) is 4.98 Å². The van der Waals surface area contributed by atoms with E-state index in [4.69, 9.17) is 9.26 Å². The highest BCUT2D eigenvalue weighted by Gasteiger charge is 2.52. The molecule has 1 fully saturated rings. The van der Waals surface area contributed by atoms with Crippen molar-refractivity contribution >= 4 is 5.97 Å². The Morgan fingerprint density at radius 3 is 2.86 bits per heavy atom. The van der Waals surface area contributed by atoms with Gasteiger partial charge in [-0.25, -0.2) is 9.37 Å². The van der Waals surface area contributed by atoms with Gasteiger partial charge in [-0.1, -0.05) is 11.6 Å². The SMILES string of the molecule is CCOC(=O)C1(c2nc(-c3ccc(F)cn3)no2)CCC1. The molecule has 0 aliphatic heterocycles. The van der Waals surface area contributed by atoms with Crippen molar-refractivity contribution in [3.63, 3.8) is 0 Å². The topological polar surface area (TPSA) is 78.1 Å². The van der Waals surface area contributed by atoms with Gasteiger partial charge in [0, 0.05) is 0 Å². The highest BCUT2D eigenvalue weighted by molar-refractivity contribution is 5.83. The maximum atomic E-state index is 12.9. The summed E-state index contributed by atoms with van der Waals surface area (Å²) in [5.41, 5.74) is -0.439. The summed E-state index contributed by atoms with van der Waals surface area (Å²) in [6.45, 7) is 2.06. The summed E-state index contributed by atoms with van der Waals surface area (Å²) in [5.74, 6) is -0.295. The third-order valence-corrected chi connectivity index (χ3v) is 3.67. The van der Waals surface area contributed by atoms with E-state index in [2.05, 4.69) is 15.1 Å². The first-order chi connectivity index (χ1) is 10.2. The predicted molar refractivity (Wildman–Crippen MR) is 69.6 cm³/mol. The van der Waals surface area contributed by atoms with Crippen LogP contribution in [-0.2, 0) is 14.9 Å². The minimum Gasteiger partial charge on any atom is -0.465 e. The highest BCUT2D eigenvalue weighted by Crippen LogP contribution is 2.44. The smallest absolute Gasteiger partial charge is 0.321 e. The van der Waals surface area contributed by atoms with Crippen LogP contribution < -0.4 is 0 Å².